The van der Waals surface area contributed by atoms with Crippen LogP contribution < -0.4 is 16.0 Å². The number of aromatic nitrogens is 2. The number of nitrogens with one attached hydrogen (secondary N) is 3. The fraction of sp³-hybridized carbons (Fsp3) is 0.762. The molecule has 1 aliphatic rings. The summed E-state index contributed by atoms with van der Waals surface area (Å²) in [4.78, 5) is 87.6. The van der Waals surface area contributed by atoms with Crippen LogP contribution in [0.4, 0.5) is 0 Å². The number of thioether (sulfide) groups is 1. The molecule has 0 spiro atoms. The molecule has 5 amide bonds. The topological polar surface area (TPSA) is 289 Å². The van der Waals surface area contributed by atoms with Crippen molar-refractivity contribution in [3.63, 3.8) is 0 Å². The highest BCUT2D eigenvalue weighted by Crippen LogP contribution is 2.31. The Hall–Kier alpha value is -4.66. The number of amides is 5. The van der Waals surface area contributed by atoms with E-state index in [-0.39, 0.29) is 54.2 Å². The van der Waals surface area contributed by atoms with Gasteiger partial charge < -0.3 is 67.8 Å². The lowest BCUT2D eigenvalue weighted by Gasteiger charge is -2.41. The summed E-state index contributed by atoms with van der Waals surface area (Å²) in [6, 6.07) is 7.38. The van der Waals surface area contributed by atoms with Crippen molar-refractivity contribution in [1.82, 2.24) is 40.6 Å². The summed E-state index contributed by atoms with van der Waals surface area (Å²) < 4.78 is 52.2. The molecule has 1 aromatic heterocycles. The minimum Gasteiger partial charge on any atom is -0.455 e. The van der Waals surface area contributed by atoms with Crippen molar-refractivity contribution in [2.45, 2.75) is 166 Å². The third kappa shape index (κ3) is 30.5. The van der Waals surface area contributed by atoms with Crippen molar-refractivity contribution in [3.8, 4) is 0 Å². The van der Waals surface area contributed by atoms with Crippen molar-refractivity contribution in [1.29, 1.82) is 0 Å². The maximum Gasteiger partial charge on any atom is 0.245 e. The largest absolute Gasteiger partial charge is 0.455 e. The number of likely N-dealkylation sites (N-methyl/N-ethyl adjacent to an activating group) is 2. The molecule has 9 atom stereocenters. The van der Waals surface area contributed by atoms with Crippen LogP contribution in [0, 0.1) is 17.8 Å². The SMILES string of the molecule is CC[C@H](C)[C@@H]([C@@H](CC(=O)N1CCC[C@H]1[C@H](OC)[C@@H](C)C(=O)N[C@@H](Cc1ccccc1)C(=O)NCCC[Si](C)(C)O[Si](C)(C)CSc1ncc(COCCOCCOCCOCCOCCOCCN=[N+]=[N-])cn1)OC)N(C)C(=O)[C@@H](NC(=O)C(C)N(C)C)C(C)C. The molecule has 516 valence electrons. The Bertz CT molecular complexity index is 2460. The van der Waals surface area contributed by atoms with Crippen LogP contribution >= 0.6 is 11.8 Å². The molecule has 0 radical (unpaired) electrons. The van der Waals surface area contributed by atoms with Gasteiger partial charge in [-0.05, 0) is 95.4 Å². The summed E-state index contributed by atoms with van der Waals surface area (Å²) in [6.07, 6.45) is 5.20. The zero-order chi connectivity index (χ0) is 67.4. The van der Waals surface area contributed by atoms with E-state index in [1.54, 1.807) is 74.0 Å². The van der Waals surface area contributed by atoms with Gasteiger partial charge in [-0.25, -0.2) is 9.97 Å². The van der Waals surface area contributed by atoms with Crippen molar-refractivity contribution in [2.75, 3.05) is 133 Å². The van der Waals surface area contributed by atoms with E-state index in [1.807, 2.05) is 72.1 Å². The molecule has 1 aliphatic heterocycles. The van der Waals surface area contributed by atoms with Gasteiger partial charge in [-0.2, -0.15) is 0 Å². The molecule has 0 bridgehead atoms. The van der Waals surface area contributed by atoms with Gasteiger partial charge in [0.1, 0.15) is 12.1 Å². The Morgan fingerprint density at radius 1 is 0.769 bits per heavy atom. The molecule has 91 heavy (non-hydrogen) atoms. The van der Waals surface area contributed by atoms with E-state index < -0.39 is 65.0 Å². The molecule has 3 N–H and O–H groups in total. The highest BCUT2D eigenvalue weighted by molar-refractivity contribution is 8.00. The summed E-state index contributed by atoms with van der Waals surface area (Å²) >= 11 is 1.59. The van der Waals surface area contributed by atoms with Gasteiger partial charge in [0.15, 0.2) is 21.8 Å². The number of hydrogen-bond donors (Lipinski definition) is 3. The van der Waals surface area contributed by atoms with Gasteiger partial charge in [0.2, 0.25) is 29.5 Å². The standard InChI is InChI=1S/C63H111N11O14SSi2/c1-16-47(4)57(73(9)62(79)56(46(2)3)70-60(77)49(6)72(7)8)54(80-10)41-55(75)74-27-20-24-53(74)58(81-11)48(5)59(76)69-52(40-50-22-18-17-19-23-50)61(78)65-25-21-39-90(12,13)88-91(14,15)45-89-63-66-42-51(43-67-63)44-87-38-37-86-36-35-85-34-33-84-32-31-83-30-29-82-28-26-68-71-64/h17-19,22-23,42-43,46-49,52-54,56-58H,16,20-21,24-41,44-45H2,1-15H3,(H,65,78)(H,69,76)(H,70,77)/t47-,48+,49?,52-,53-,54+,56-,57-,58+/m0/s1. The van der Waals surface area contributed by atoms with E-state index in [9.17, 15) is 24.0 Å². The van der Waals surface area contributed by atoms with E-state index in [4.69, 9.17) is 47.5 Å². The summed E-state index contributed by atoms with van der Waals surface area (Å²) in [5.74, 6) is -2.33. The van der Waals surface area contributed by atoms with Gasteiger partial charge in [-0.3, -0.25) is 28.9 Å². The predicted octanol–water partition coefficient (Wildman–Crippen LogP) is 6.69. The fourth-order valence-corrected chi connectivity index (χ4v) is 21.1. The molecule has 1 aromatic carbocycles. The molecule has 2 aromatic rings. The minimum atomic E-state index is -2.18. The maximum absolute atomic E-state index is 14.5. The lowest BCUT2D eigenvalue weighted by atomic mass is 9.89. The van der Waals surface area contributed by atoms with E-state index in [1.165, 1.54) is 0 Å². The molecule has 1 unspecified atom stereocenters. The maximum atomic E-state index is 14.5. The Morgan fingerprint density at radius 2 is 1.35 bits per heavy atom. The van der Waals surface area contributed by atoms with E-state index in [2.05, 4.69) is 62.1 Å². The second kappa shape index (κ2) is 44.1. The van der Waals surface area contributed by atoms with Gasteiger partial charge in [-0.15, -0.1) is 0 Å². The molecule has 3 rings (SSSR count). The Morgan fingerprint density at radius 3 is 1.89 bits per heavy atom. The van der Waals surface area contributed by atoms with Crippen molar-refractivity contribution < 1.29 is 66.0 Å². The van der Waals surface area contributed by atoms with Crippen LogP contribution in [-0.2, 0) is 79.0 Å². The summed E-state index contributed by atoms with van der Waals surface area (Å²) in [5.41, 5.74) is 9.99. The second-order valence-electron chi connectivity index (χ2n) is 25.0. The number of azide groups is 1. The number of benzene rings is 1. The molecule has 1 fully saturated rings. The van der Waals surface area contributed by atoms with Gasteiger partial charge in [0.05, 0.1) is 122 Å². The number of nitrogens with zero attached hydrogens (tertiary/aromatic N) is 8. The summed E-state index contributed by atoms with van der Waals surface area (Å²) in [7, 11) is 4.11. The quantitative estimate of drug-likeness (QED) is 0.0118. The molecule has 1 saturated heterocycles. The Kier molecular flexibility index (Phi) is 39.0. The Balaban J connectivity index is 1.47. The van der Waals surface area contributed by atoms with E-state index in [0.29, 0.717) is 130 Å². The van der Waals surface area contributed by atoms with E-state index >= 15 is 0 Å². The summed E-state index contributed by atoms with van der Waals surface area (Å²) in [6.45, 7) is 26.7. The number of methoxy groups -OCH3 is 2. The van der Waals surface area contributed by atoms with Gasteiger partial charge in [0.25, 0.3) is 0 Å². The molecular formula is C63H111N11O14SSi2. The van der Waals surface area contributed by atoms with Crippen LogP contribution in [-0.4, -0.2) is 246 Å². The van der Waals surface area contributed by atoms with Crippen molar-refractivity contribution >= 4 is 57.9 Å². The number of carbonyl (C=O) groups excluding carboxylic acids is 5. The predicted molar refractivity (Wildman–Crippen MR) is 357 cm³/mol. The number of ether oxygens (including phenoxy) is 8. The number of likely N-dealkylation sites (tertiary alicyclic amines) is 1. The number of carbonyl (C=O) groups is 5. The first-order valence-corrected chi connectivity index (χ1v) is 39.4. The molecule has 28 heteroatoms. The van der Waals surface area contributed by atoms with Crippen molar-refractivity contribution in [2.24, 2.45) is 22.9 Å². The third-order valence-electron chi connectivity index (χ3n) is 16.1. The average molecular weight is 1330 g/mol. The highest BCUT2D eigenvalue weighted by Gasteiger charge is 2.44. The number of rotatable bonds is 49. The van der Waals surface area contributed by atoms with Crippen LogP contribution in [0.3, 0.4) is 0 Å². The first-order valence-electron chi connectivity index (χ1n) is 32.2. The summed E-state index contributed by atoms with van der Waals surface area (Å²) in [5, 5.41) is 14.0. The normalized spacial score (nSPS) is 16.3. The minimum absolute atomic E-state index is 0.0149. The fourth-order valence-electron chi connectivity index (χ4n) is 10.8. The molecular weight excluding hydrogens is 1220 g/mol. The molecule has 2 heterocycles. The van der Waals surface area contributed by atoms with Crippen molar-refractivity contribution in [3.05, 3.63) is 64.3 Å². The average Bonchev–Trinajstić information content (AvgIpc) is 1.85. The molecule has 25 nitrogen and oxygen atoms in total. The third-order valence-corrected chi connectivity index (χ3v) is 25.9. The number of hydrogen-bond acceptors (Lipinski definition) is 19. The molecule has 0 saturated carbocycles. The zero-order valence-corrected chi connectivity index (χ0v) is 60.1. The smallest absolute Gasteiger partial charge is 0.245 e. The van der Waals surface area contributed by atoms with Gasteiger partial charge in [0, 0.05) is 75.6 Å². The van der Waals surface area contributed by atoms with Crippen LogP contribution in [0.2, 0.25) is 32.2 Å². The molecule has 0 aliphatic carbocycles. The Labute approximate surface area is 548 Å². The lowest BCUT2D eigenvalue weighted by molar-refractivity contribution is -0.148. The van der Waals surface area contributed by atoms with Gasteiger partial charge >= 0.3 is 0 Å². The second-order valence-corrected chi connectivity index (χ2v) is 35.1. The highest BCUT2D eigenvalue weighted by atomic mass is 32.2. The first-order chi connectivity index (χ1) is 43.4. The van der Waals surface area contributed by atoms with Crippen LogP contribution in [0.5, 0.6) is 0 Å². The van der Waals surface area contributed by atoms with Crippen LogP contribution in [0.1, 0.15) is 84.8 Å². The van der Waals surface area contributed by atoms with E-state index in [0.717, 1.165) is 22.5 Å². The van der Waals surface area contributed by atoms with Gasteiger partial charge in [-0.1, -0.05) is 88.2 Å². The van der Waals surface area contributed by atoms with Crippen LogP contribution in [0.15, 0.2) is 53.0 Å². The monoisotopic (exact) mass is 1330 g/mol. The first kappa shape index (κ1) is 80.6. The van der Waals surface area contributed by atoms with Crippen LogP contribution in [0.25, 0.3) is 10.4 Å². The zero-order valence-electron chi connectivity index (χ0n) is 57.3. The lowest BCUT2D eigenvalue weighted by Crippen LogP contribution is -2.59.